The molecule has 2 nitrogen and oxygen atoms in total. The van der Waals surface area contributed by atoms with Gasteiger partial charge in [-0.25, -0.2) is 0 Å². The van der Waals surface area contributed by atoms with Crippen molar-refractivity contribution in [3.63, 3.8) is 0 Å². The molecule has 1 fully saturated rings. The molecule has 0 heterocycles. The summed E-state index contributed by atoms with van der Waals surface area (Å²) in [6.07, 6.45) is 8.55. The average Bonchev–Trinajstić information content (AvgIpc) is 2.69. The molecular weight excluding hydrogens is 172 g/mol. The van der Waals surface area contributed by atoms with Crippen LogP contribution in [0.3, 0.4) is 0 Å². The van der Waals surface area contributed by atoms with E-state index in [9.17, 15) is 0 Å². The molecule has 0 unspecified atom stereocenters. The van der Waals surface area contributed by atoms with Crippen molar-refractivity contribution >= 4 is 0 Å². The van der Waals surface area contributed by atoms with Crippen LogP contribution in [0.2, 0.25) is 0 Å². The molecule has 1 aliphatic rings. The highest BCUT2D eigenvalue weighted by Crippen LogP contribution is 2.26. The third-order valence-corrected chi connectivity index (χ3v) is 3.11. The molecule has 2 N–H and O–H groups in total. The highest BCUT2D eigenvalue weighted by Gasteiger charge is 2.13. The van der Waals surface area contributed by atoms with Crippen LogP contribution >= 0.6 is 0 Å². The summed E-state index contributed by atoms with van der Waals surface area (Å²) in [5.74, 6) is 1.03. The minimum absolute atomic E-state index is 1.03. The van der Waals surface area contributed by atoms with Gasteiger partial charge in [-0.15, -0.1) is 0 Å². The molecule has 0 spiro atoms. The Labute approximate surface area is 88.8 Å². The molecule has 0 atom stereocenters. The van der Waals surface area contributed by atoms with Crippen LogP contribution in [0.25, 0.3) is 0 Å². The van der Waals surface area contributed by atoms with Gasteiger partial charge < -0.3 is 10.6 Å². The summed E-state index contributed by atoms with van der Waals surface area (Å²) in [6.45, 7) is 6.84. The van der Waals surface area contributed by atoms with E-state index in [2.05, 4.69) is 17.6 Å². The highest BCUT2D eigenvalue weighted by molar-refractivity contribution is 4.68. The van der Waals surface area contributed by atoms with Crippen LogP contribution in [-0.2, 0) is 0 Å². The fraction of sp³-hybridized carbons (Fsp3) is 1.00. The van der Waals surface area contributed by atoms with E-state index in [0.717, 1.165) is 25.6 Å². The van der Waals surface area contributed by atoms with Crippen molar-refractivity contribution in [1.29, 1.82) is 0 Å². The summed E-state index contributed by atoms with van der Waals surface area (Å²) in [5, 5.41) is 6.91. The van der Waals surface area contributed by atoms with E-state index in [1.165, 1.54) is 45.1 Å². The van der Waals surface area contributed by atoms with Crippen molar-refractivity contribution in [2.45, 2.75) is 45.4 Å². The van der Waals surface area contributed by atoms with Crippen molar-refractivity contribution in [2.75, 3.05) is 26.2 Å². The van der Waals surface area contributed by atoms with E-state index in [1.54, 1.807) is 0 Å². The minimum Gasteiger partial charge on any atom is -0.315 e. The Hall–Kier alpha value is -0.0800. The van der Waals surface area contributed by atoms with Gasteiger partial charge in [0.2, 0.25) is 0 Å². The first-order valence-electron chi connectivity index (χ1n) is 6.35. The summed E-state index contributed by atoms with van der Waals surface area (Å²) in [5.41, 5.74) is 0. The van der Waals surface area contributed by atoms with Gasteiger partial charge in [0.25, 0.3) is 0 Å². The first-order valence-corrected chi connectivity index (χ1v) is 6.35. The summed E-state index contributed by atoms with van der Waals surface area (Å²) in [4.78, 5) is 0. The summed E-state index contributed by atoms with van der Waals surface area (Å²) in [6, 6.07) is 0. The van der Waals surface area contributed by atoms with Crippen LogP contribution in [0.15, 0.2) is 0 Å². The molecule has 0 bridgehead atoms. The molecular formula is C12H26N2. The van der Waals surface area contributed by atoms with Gasteiger partial charge in [-0.05, 0) is 31.8 Å². The zero-order valence-corrected chi connectivity index (χ0v) is 9.65. The molecule has 1 rings (SSSR count). The van der Waals surface area contributed by atoms with E-state index in [1.807, 2.05) is 0 Å². The summed E-state index contributed by atoms with van der Waals surface area (Å²) < 4.78 is 0. The minimum atomic E-state index is 1.03. The molecule has 0 aromatic rings. The number of rotatable bonds is 8. The normalized spacial score (nSPS) is 17.8. The first kappa shape index (κ1) is 12.0. The number of hydrogen-bond donors (Lipinski definition) is 2. The van der Waals surface area contributed by atoms with Gasteiger partial charge in [0.15, 0.2) is 0 Å². The van der Waals surface area contributed by atoms with Gasteiger partial charge in [0.1, 0.15) is 0 Å². The second-order valence-electron chi connectivity index (χ2n) is 4.44. The number of hydrogen-bond acceptors (Lipinski definition) is 2. The Morgan fingerprint density at radius 1 is 0.929 bits per heavy atom. The molecule has 1 saturated carbocycles. The lowest BCUT2D eigenvalue weighted by atomic mass is 10.0. The maximum atomic E-state index is 3.51. The van der Waals surface area contributed by atoms with Crippen LogP contribution in [0.4, 0.5) is 0 Å². The predicted molar refractivity (Wildman–Crippen MR) is 62.6 cm³/mol. The van der Waals surface area contributed by atoms with Crippen LogP contribution in [0.5, 0.6) is 0 Å². The molecule has 14 heavy (non-hydrogen) atoms. The van der Waals surface area contributed by atoms with Gasteiger partial charge in [-0.2, -0.15) is 0 Å². The van der Waals surface area contributed by atoms with E-state index in [4.69, 9.17) is 0 Å². The molecule has 0 aromatic carbocycles. The van der Waals surface area contributed by atoms with Gasteiger partial charge in [-0.1, -0.05) is 32.6 Å². The van der Waals surface area contributed by atoms with Gasteiger partial charge in [-0.3, -0.25) is 0 Å². The first-order chi connectivity index (χ1) is 6.93. The SMILES string of the molecule is CCCNCCNCCC1CCCC1. The molecule has 0 aromatic heterocycles. The predicted octanol–water partition coefficient (Wildman–Crippen LogP) is 2.16. The molecule has 0 amide bonds. The van der Waals surface area contributed by atoms with Crippen LogP contribution in [-0.4, -0.2) is 26.2 Å². The summed E-state index contributed by atoms with van der Waals surface area (Å²) in [7, 11) is 0. The lowest BCUT2D eigenvalue weighted by Gasteiger charge is -2.09. The van der Waals surface area contributed by atoms with Crippen molar-refractivity contribution in [2.24, 2.45) is 5.92 Å². The van der Waals surface area contributed by atoms with E-state index in [-0.39, 0.29) is 0 Å². The Morgan fingerprint density at radius 3 is 2.21 bits per heavy atom. The van der Waals surface area contributed by atoms with Gasteiger partial charge in [0.05, 0.1) is 0 Å². The maximum absolute atomic E-state index is 3.51. The Kier molecular flexibility index (Phi) is 7.06. The second-order valence-corrected chi connectivity index (χ2v) is 4.44. The van der Waals surface area contributed by atoms with E-state index in [0.29, 0.717) is 0 Å². The van der Waals surface area contributed by atoms with Crippen LogP contribution in [0.1, 0.15) is 45.4 Å². The Balaban J connectivity index is 1.75. The molecule has 2 heteroatoms. The molecule has 0 aliphatic heterocycles. The van der Waals surface area contributed by atoms with E-state index < -0.39 is 0 Å². The van der Waals surface area contributed by atoms with E-state index >= 15 is 0 Å². The van der Waals surface area contributed by atoms with Crippen molar-refractivity contribution in [3.8, 4) is 0 Å². The second kappa shape index (κ2) is 8.25. The zero-order chi connectivity index (χ0) is 10.1. The van der Waals surface area contributed by atoms with Gasteiger partial charge >= 0.3 is 0 Å². The Bertz CT molecular complexity index is 119. The third kappa shape index (κ3) is 5.61. The molecule has 0 saturated heterocycles. The van der Waals surface area contributed by atoms with Crippen LogP contribution in [0, 0.1) is 5.92 Å². The summed E-state index contributed by atoms with van der Waals surface area (Å²) >= 11 is 0. The van der Waals surface area contributed by atoms with Crippen molar-refractivity contribution in [1.82, 2.24) is 10.6 Å². The quantitative estimate of drug-likeness (QED) is 0.584. The fourth-order valence-corrected chi connectivity index (χ4v) is 2.21. The van der Waals surface area contributed by atoms with Crippen molar-refractivity contribution < 1.29 is 0 Å². The molecule has 0 radical (unpaired) electrons. The molecule has 1 aliphatic carbocycles. The lowest BCUT2D eigenvalue weighted by molar-refractivity contribution is 0.474. The molecule has 84 valence electrons. The van der Waals surface area contributed by atoms with Crippen molar-refractivity contribution in [3.05, 3.63) is 0 Å². The lowest BCUT2D eigenvalue weighted by Crippen LogP contribution is -2.28. The topological polar surface area (TPSA) is 24.1 Å². The number of nitrogens with one attached hydrogen (secondary N) is 2. The maximum Gasteiger partial charge on any atom is 0.00767 e. The largest absolute Gasteiger partial charge is 0.315 e. The Morgan fingerprint density at radius 2 is 1.57 bits per heavy atom. The average molecular weight is 198 g/mol. The smallest absolute Gasteiger partial charge is 0.00767 e. The zero-order valence-electron chi connectivity index (χ0n) is 9.65. The van der Waals surface area contributed by atoms with Crippen LogP contribution < -0.4 is 10.6 Å². The highest BCUT2D eigenvalue weighted by atomic mass is 14.9. The third-order valence-electron chi connectivity index (χ3n) is 3.11. The monoisotopic (exact) mass is 198 g/mol. The van der Waals surface area contributed by atoms with Gasteiger partial charge in [0, 0.05) is 13.1 Å². The standard InChI is InChI=1S/C12H26N2/c1-2-8-13-10-11-14-9-7-12-5-3-4-6-12/h12-14H,2-11H2,1H3. The fourth-order valence-electron chi connectivity index (χ4n) is 2.21.